The van der Waals surface area contributed by atoms with Gasteiger partial charge in [-0.05, 0) is 19.1 Å². The van der Waals surface area contributed by atoms with Gasteiger partial charge in [-0.1, -0.05) is 17.3 Å². The van der Waals surface area contributed by atoms with Gasteiger partial charge in [0.2, 0.25) is 5.82 Å². The SMILES string of the molecule is Cc1ncc(-c2noc(-c3ccccc3F)n2)cn1. The van der Waals surface area contributed by atoms with E-state index in [1.807, 2.05) is 0 Å². The summed E-state index contributed by atoms with van der Waals surface area (Å²) < 4.78 is 18.6. The predicted octanol–water partition coefficient (Wildman–Crippen LogP) is 2.64. The second-order valence-corrected chi connectivity index (χ2v) is 3.92. The van der Waals surface area contributed by atoms with Gasteiger partial charge in [-0.25, -0.2) is 14.4 Å². The average Bonchev–Trinajstić information content (AvgIpc) is 2.89. The Kier molecular flexibility index (Phi) is 2.75. The van der Waals surface area contributed by atoms with Crippen molar-refractivity contribution in [3.63, 3.8) is 0 Å². The van der Waals surface area contributed by atoms with Crippen LogP contribution in [0.2, 0.25) is 0 Å². The van der Waals surface area contributed by atoms with Crippen LogP contribution >= 0.6 is 0 Å². The zero-order chi connectivity index (χ0) is 13.2. The zero-order valence-electron chi connectivity index (χ0n) is 10.0. The van der Waals surface area contributed by atoms with Crippen molar-refractivity contribution in [2.75, 3.05) is 0 Å². The Labute approximate surface area is 108 Å². The average molecular weight is 256 g/mol. The van der Waals surface area contributed by atoms with Crippen molar-refractivity contribution < 1.29 is 8.91 Å². The molecule has 0 aliphatic heterocycles. The van der Waals surface area contributed by atoms with Gasteiger partial charge in [-0.15, -0.1) is 0 Å². The summed E-state index contributed by atoms with van der Waals surface area (Å²) in [6.45, 7) is 1.78. The van der Waals surface area contributed by atoms with Gasteiger partial charge in [0, 0.05) is 12.4 Å². The molecular formula is C13H9FN4O. The molecule has 0 bridgehead atoms. The van der Waals surface area contributed by atoms with E-state index in [9.17, 15) is 4.39 Å². The fourth-order valence-corrected chi connectivity index (χ4v) is 1.59. The number of benzene rings is 1. The number of nitrogens with zero attached hydrogens (tertiary/aromatic N) is 4. The third-order valence-corrected chi connectivity index (χ3v) is 2.57. The number of aromatic nitrogens is 4. The van der Waals surface area contributed by atoms with Crippen molar-refractivity contribution in [1.29, 1.82) is 0 Å². The van der Waals surface area contributed by atoms with Crippen LogP contribution in [0.5, 0.6) is 0 Å². The lowest BCUT2D eigenvalue weighted by molar-refractivity contribution is 0.429. The summed E-state index contributed by atoms with van der Waals surface area (Å²) in [5.74, 6) is 0.714. The second kappa shape index (κ2) is 4.56. The van der Waals surface area contributed by atoms with Crippen molar-refractivity contribution >= 4 is 0 Å². The van der Waals surface area contributed by atoms with Crippen molar-refractivity contribution in [2.24, 2.45) is 0 Å². The first-order chi connectivity index (χ1) is 9.24. The molecule has 0 spiro atoms. The Morgan fingerprint density at radius 1 is 1.11 bits per heavy atom. The van der Waals surface area contributed by atoms with Crippen molar-refractivity contribution in [2.45, 2.75) is 6.92 Å². The van der Waals surface area contributed by atoms with E-state index in [0.29, 0.717) is 17.2 Å². The summed E-state index contributed by atoms with van der Waals surface area (Å²) >= 11 is 0. The first-order valence-electron chi connectivity index (χ1n) is 5.61. The fourth-order valence-electron chi connectivity index (χ4n) is 1.59. The van der Waals surface area contributed by atoms with Crippen LogP contribution in [-0.2, 0) is 0 Å². The number of hydrogen-bond acceptors (Lipinski definition) is 5. The van der Waals surface area contributed by atoms with Gasteiger partial charge in [-0.2, -0.15) is 4.98 Å². The zero-order valence-corrected chi connectivity index (χ0v) is 10.0. The molecule has 0 radical (unpaired) electrons. The van der Waals surface area contributed by atoms with E-state index in [-0.39, 0.29) is 11.5 Å². The molecule has 0 N–H and O–H groups in total. The number of rotatable bonds is 2. The molecule has 94 valence electrons. The van der Waals surface area contributed by atoms with Crippen LogP contribution in [0, 0.1) is 12.7 Å². The lowest BCUT2D eigenvalue weighted by Gasteiger charge is -1.95. The van der Waals surface area contributed by atoms with Gasteiger partial charge in [-0.3, -0.25) is 0 Å². The van der Waals surface area contributed by atoms with Gasteiger partial charge in [0.1, 0.15) is 11.6 Å². The van der Waals surface area contributed by atoms with Crippen molar-refractivity contribution in [3.05, 3.63) is 48.3 Å². The highest BCUT2D eigenvalue weighted by molar-refractivity contribution is 5.58. The maximum Gasteiger partial charge on any atom is 0.261 e. The quantitative estimate of drug-likeness (QED) is 0.705. The lowest BCUT2D eigenvalue weighted by Crippen LogP contribution is -1.89. The largest absolute Gasteiger partial charge is 0.334 e. The number of aryl methyl sites for hydroxylation is 1. The molecule has 0 amide bonds. The molecule has 0 atom stereocenters. The Bertz CT molecular complexity index is 709. The highest BCUT2D eigenvalue weighted by atomic mass is 19.1. The van der Waals surface area contributed by atoms with E-state index >= 15 is 0 Å². The Morgan fingerprint density at radius 3 is 2.58 bits per heavy atom. The number of halogens is 1. The van der Waals surface area contributed by atoms with Gasteiger partial charge in [0.15, 0.2) is 0 Å². The maximum atomic E-state index is 13.6. The molecule has 0 saturated carbocycles. The molecule has 1 aromatic carbocycles. The summed E-state index contributed by atoms with van der Waals surface area (Å²) in [4.78, 5) is 12.2. The third-order valence-electron chi connectivity index (χ3n) is 2.57. The predicted molar refractivity (Wildman–Crippen MR) is 65.5 cm³/mol. The van der Waals surface area contributed by atoms with Crippen LogP contribution < -0.4 is 0 Å². The fraction of sp³-hybridized carbons (Fsp3) is 0.0769. The Morgan fingerprint density at radius 2 is 1.84 bits per heavy atom. The van der Waals surface area contributed by atoms with E-state index in [4.69, 9.17) is 4.52 Å². The molecule has 3 aromatic rings. The normalized spacial score (nSPS) is 10.6. The first kappa shape index (κ1) is 11.5. The molecule has 0 aliphatic rings. The van der Waals surface area contributed by atoms with Crippen LogP contribution in [0.3, 0.4) is 0 Å². The summed E-state index contributed by atoms with van der Waals surface area (Å²) in [7, 11) is 0. The number of hydrogen-bond donors (Lipinski definition) is 0. The second-order valence-electron chi connectivity index (χ2n) is 3.92. The summed E-state index contributed by atoms with van der Waals surface area (Å²) in [6.07, 6.45) is 3.19. The minimum atomic E-state index is -0.405. The van der Waals surface area contributed by atoms with Crippen molar-refractivity contribution in [3.8, 4) is 22.8 Å². The molecule has 5 nitrogen and oxygen atoms in total. The highest BCUT2D eigenvalue weighted by Crippen LogP contribution is 2.23. The topological polar surface area (TPSA) is 64.7 Å². The summed E-state index contributed by atoms with van der Waals surface area (Å²) in [6, 6.07) is 6.23. The monoisotopic (exact) mass is 256 g/mol. The molecule has 2 heterocycles. The van der Waals surface area contributed by atoms with Gasteiger partial charge >= 0.3 is 0 Å². The van der Waals surface area contributed by atoms with Crippen LogP contribution in [-0.4, -0.2) is 20.1 Å². The molecular weight excluding hydrogens is 247 g/mol. The van der Waals surface area contributed by atoms with Crippen LogP contribution in [0.4, 0.5) is 4.39 Å². The van der Waals surface area contributed by atoms with E-state index in [2.05, 4.69) is 20.1 Å². The first-order valence-corrected chi connectivity index (χ1v) is 5.61. The third kappa shape index (κ3) is 2.20. The molecule has 0 unspecified atom stereocenters. The van der Waals surface area contributed by atoms with E-state index in [1.165, 1.54) is 6.07 Å². The smallest absolute Gasteiger partial charge is 0.261 e. The summed E-state index contributed by atoms with van der Waals surface area (Å²) in [5, 5.41) is 3.80. The molecule has 0 fully saturated rings. The van der Waals surface area contributed by atoms with E-state index in [1.54, 1.807) is 37.5 Å². The van der Waals surface area contributed by atoms with E-state index < -0.39 is 5.82 Å². The highest BCUT2D eigenvalue weighted by Gasteiger charge is 2.14. The maximum absolute atomic E-state index is 13.6. The Hall–Kier alpha value is -2.63. The molecule has 0 aliphatic carbocycles. The van der Waals surface area contributed by atoms with Gasteiger partial charge in [0.05, 0.1) is 11.1 Å². The van der Waals surface area contributed by atoms with Gasteiger partial charge in [0.25, 0.3) is 5.89 Å². The minimum absolute atomic E-state index is 0.133. The summed E-state index contributed by atoms with van der Waals surface area (Å²) in [5.41, 5.74) is 0.895. The minimum Gasteiger partial charge on any atom is -0.334 e. The molecule has 19 heavy (non-hydrogen) atoms. The molecule has 0 saturated heterocycles. The molecule has 6 heteroatoms. The molecule has 3 rings (SSSR count). The molecule has 2 aromatic heterocycles. The Balaban J connectivity index is 2.00. The van der Waals surface area contributed by atoms with E-state index in [0.717, 1.165) is 0 Å². The van der Waals surface area contributed by atoms with Crippen molar-refractivity contribution in [1.82, 2.24) is 20.1 Å². The van der Waals surface area contributed by atoms with Crippen LogP contribution in [0.25, 0.3) is 22.8 Å². The van der Waals surface area contributed by atoms with Crippen LogP contribution in [0.15, 0.2) is 41.2 Å². The van der Waals surface area contributed by atoms with Gasteiger partial charge < -0.3 is 4.52 Å². The standard InChI is InChI=1S/C13H9FN4O/c1-8-15-6-9(7-16-8)12-17-13(19-18-12)10-4-2-3-5-11(10)14/h2-7H,1H3. The lowest BCUT2D eigenvalue weighted by atomic mass is 10.2. The van der Waals surface area contributed by atoms with Crippen LogP contribution in [0.1, 0.15) is 5.82 Å².